The van der Waals surface area contributed by atoms with Crippen molar-refractivity contribution in [3.8, 4) is 5.75 Å². The number of aromatic nitrogens is 1. The average Bonchev–Trinajstić information content (AvgIpc) is 3.28. The number of hydrogen-bond donors (Lipinski definition) is 1. The summed E-state index contributed by atoms with van der Waals surface area (Å²) in [7, 11) is 1.65. The van der Waals surface area contributed by atoms with E-state index >= 15 is 0 Å². The van der Waals surface area contributed by atoms with Gasteiger partial charge in [0.15, 0.2) is 0 Å². The van der Waals surface area contributed by atoms with Gasteiger partial charge in [-0.05, 0) is 31.0 Å². The molecule has 4 nitrogen and oxygen atoms in total. The summed E-state index contributed by atoms with van der Waals surface area (Å²) in [5, 5.41) is 3.13. The average molecular weight is 268 g/mol. The van der Waals surface area contributed by atoms with Gasteiger partial charge in [-0.1, -0.05) is 18.2 Å². The Morgan fingerprint density at radius 1 is 1.20 bits per heavy atom. The van der Waals surface area contributed by atoms with Gasteiger partial charge >= 0.3 is 0 Å². The van der Waals surface area contributed by atoms with Crippen molar-refractivity contribution in [1.82, 2.24) is 10.3 Å². The van der Waals surface area contributed by atoms with Gasteiger partial charge in [-0.3, -0.25) is 9.78 Å². The maximum Gasteiger partial charge on any atom is 0.252 e. The van der Waals surface area contributed by atoms with E-state index < -0.39 is 0 Å². The summed E-state index contributed by atoms with van der Waals surface area (Å²) in [4.78, 5) is 16.2. The van der Waals surface area contributed by atoms with Crippen molar-refractivity contribution < 1.29 is 9.53 Å². The second-order valence-electron chi connectivity index (χ2n) is 4.97. The maximum absolute atomic E-state index is 12.3. The van der Waals surface area contributed by atoms with Gasteiger partial charge in [-0.2, -0.15) is 0 Å². The van der Waals surface area contributed by atoms with Crippen LogP contribution in [-0.2, 0) is 5.54 Å². The summed E-state index contributed by atoms with van der Waals surface area (Å²) in [6, 6.07) is 11.3. The van der Waals surface area contributed by atoms with Crippen molar-refractivity contribution in [2.75, 3.05) is 7.11 Å². The number of amides is 1. The molecule has 0 spiro atoms. The van der Waals surface area contributed by atoms with Gasteiger partial charge in [0.1, 0.15) is 5.75 Å². The normalized spacial score (nSPS) is 15.4. The second-order valence-corrected chi connectivity index (χ2v) is 4.97. The molecule has 0 aliphatic heterocycles. The van der Waals surface area contributed by atoms with E-state index in [0.29, 0.717) is 5.56 Å². The molecule has 1 N–H and O–H groups in total. The zero-order valence-corrected chi connectivity index (χ0v) is 11.3. The summed E-state index contributed by atoms with van der Waals surface area (Å²) in [6.45, 7) is 0. The number of carbonyl (C=O) groups excluding carboxylic acids is 1. The van der Waals surface area contributed by atoms with E-state index in [4.69, 9.17) is 4.74 Å². The van der Waals surface area contributed by atoms with E-state index in [1.807, 2.05) is 24.3 Å². The highest BCUT2D eigenvalue weighted by Gasteiger charge is 2.47. The van der Waals surface area contributed by atoms with Crippen LogP contribution in [0.15, 0.2) is 48.8 Å². The molecule has 2 aromatic rings. The summed E-state index contributed by atoms with van der Waals surface area (Å²) in [5.74, 6) is 0.746. The van der Waals surface area contributed by atoms with Crippen LogP contribution in [-0.4, -0.2) is 18.0 Å². The highest BCUT2D eigenvalue weighted by molar-refractivity contribution is 5.94. The van der Waals surface area contributed by atoms with E-state index in [0.717, 1.165) is 24.2 Å². The van der Waals surface area contributed by atoms with Crippen LogP contribution in [0.1, 0.15) is 28.8 Å². The molecule has 1 aliphatic rings. The molecule has 4 heteroatoms. The number of ether oxygens (including phenoxy) is 1. The highest BCUT2D eigenvalue weighted by atomic mass is 16.5. The Labute approximate surface area is 117 Å². The van der Waals surface area contributed by atoms with E-state index in [1.165, 1.54) is 0 Å². The Kier molecular flexibility index (Phi) is 3.14. The van der Waals surface area contributed by atoms with Gasteiger partial charge in [0.25, 0.3) is 5.91 Å². The van der Waals surface area contributed by atoms with Gasteiger partial charge in [0.2, 0.25) is 0 Å². The lowest BCUT2D eigenvalue weighted by Gasteiger charge is -2.20. The van der Waals surface area contributed by atoms with Gasteiger partial charge in [0.05, 0.1) is 12.6 Å². The second kappa shape index (κ2) is 4.96. The van der Waals surface area contributed by atoms with Crippen LogP contribution >= 0.6 is 0 Å². The fourth-order valence-corrected chi connectivity index (χ4v) is 2.42. The van der Waals surface area contributed by atoms with Crippen molar-refractivity contribution in [1.29, 1.82) is 0 Å². The van der Waals surface area contributed by atoms with Crippen molar-refractivity contribution in [3.05, 3.63) is 59.9 Å². The number of benzene rings is 1. The van der Waals surface area contributed by atoms with Crippen LogP contribution in [0, 0.1) is 0 Å². The first-order valence-electron chi connectivity index (χ1n) is 6.61. The molecule has 20 heavy (non-hydrogen) atoms. The first-order chi connectivity index (χ1) is 9.75. The van der Waals surface area contributed by atoms with Crippen LogP contribution in [0.2, 0.25) is 0 Å². The van der Waals surface area contributed by atoms with Crippen molar-refractivity contribution in [2.45, 2.75) is 18.4 Å². The zero-order chi connectivity index (χ0) is 14.0. The number of nitrogens with zero attached hydrogens (tertiary/aromatic N) is 1. The van der Waals surface area contributed by atoms with Gasteiger partial charge in [0, 0.05) is 23.5 Å². The van der Waals surface area contributed by atoms with Crippen LogP contribution in [0.5, 0.6) is 5.75 Å². The summed E-state index contributed by atoms with van der Waals surface area (Å²) in [6.07, 6.45) is 5.11. The van der Waals surface area contributed by atoms with Crippen LogP contribution < -0.4 is 10.1 Å². The summed E-state index contributed by atoms with van der Waals surface area (Å²) in [5.41, 5.74) is 1.39. The first kappa shape index (κ1) is 12.7. The van der Waals surface area contributed by atoms with Gasteiger partial charge in [-0.25, -0.2) is 0 Å². The van der Waals surface area contributed by atoms with Gasteiger partial charge in [-0.15, -0.1) is 0 Å². The standard InChI is InChI=1S/C16H16N2O2/c1-20-14-5-3-2-4-13(14)16(8-9-16)18-15(19)12-6-10-17-11-7-12/h2-7,10-11H,8-9H2,1H3,(H,18,19). The number of nitrogens with one attached hydrogen (secondary N) is 1. The largest absolute Gasteiger partial charge is 0.496 e. The minimum atomic E-state index is -0.285. The Hall–Kier alpha value is -2.36. The van der Waals surface area contributed by atoms with Crippen LogP contribution in [0.4, 0.5) is 0 Å². The van der Waals surface area contributed by atoms with E-state index in [-0.39, 0.29) is 11.4 Å². The quantitative estimate of drug-likeness (QED) is 0.927. The molecule has 0 radical (unpaired) electrons. The molecule has 1 aromatic carbocycles. The maximum atomic E-state index is 12.3. The number of carbonyl (C=O) groups is 1. The number of pyridine rings is 1. The lowest BCUT2D eigenvalue weighted by molar-refractivity contribution is 0.0930. The third-order valence-electron chi connectivity index (χ3n) is 3.67. The molecular formula is C16H16N2O2. The predicted octanol–water partition coefficient (Wildman–Crippen LogP) is 2.51. The molecule has 1 aromatic heterocycles. The Morgan fingerprint density at radius 3 is 2.55 bits per heavy atom. The van der Waals surface area contributed by atoms with Crippen molar-refractivity contribution >= 4 is 5.91 Å². The third kappa shape index (κ3) is 2.25. The minimum absolute atomic E-state index is 0.0733. The van der Waals surface area contributed by atoms with Crippen LogP contribution in [0.25, 0.3) is 0 Å². The van der Waals surface area contributed by atoms with Gasteiger partial charge < -0.3 is 10.1 Å². The molecule has 1 fully saturated rings. The molecule has 1 aliphatic carbocycles. The predicted molar refractivity (Wildman–Crippen MR) is 75.6 cm³/mol. The number of hydrogen-bond acceptors (Lipinski definition) is 3. The molecule has 0 saturated heterocycles. The summed E-state index contributed by atoms with van der Waals surface area (Å²) >= 11 is 0. The summed E-state index contributed by atoms with van der Waals surface area (Å²) < 4.78 is 5.40. The smallest absolute Gasteiger partial charge is 0.252 e. The minimum Gasteiger partial charge on any atom is -0.496 e. The Bertz CT molecular complexity index is 621. The van der Waals surface area contributed by atoms with Crippen molar-refractivity contribution in [3.63, 3.8) is 0 Å². The lowest BCUT2D eigenvalue weighted by Crippen LogP contribution is -2.35. The number of methoxy groups -OCH3 is 1. The first-order valence-corrected chi connectivity index (χ1v) is 6.61. The van der Waals surface area contributed by atoms with E-state index in [2.05, 4.69) is 10.3 Å². The van der Waals surface area contributed by atoms with E-state index in [9.17, 15) is 4.79 Å². The number of rotatable bonds is 4. The van der Waals surface area contributed by atoms with Crippen molar-refractivity contribution in [2.24, 2.45) is 0 Å². The molecule has 1 amide bonds. The number of para-hydroxylation sites is 1. The Balaban J connectivity index is 1.85. The van der Waals surface area contributed by atoms with E-state index in [1.54, 1.807) is 31.6 Å². The Morgan fingerprint density at radius 2 is 1.90 bits per heavy atom. The molecule has 1 saturated carbocycles. The SMILES string of the molecule is COc1ccccc1C1(NC(=O)c2ccncc2)CC1. The lowest BCUT2D eigenvalue weighted by atomic mass is 10.0. The fraction of sp³-hybridized carbons (Fsp3) is 0.250. The molecule has 1 heterocycles. The molecule has 0 bridgehead atoms. The molecule has 102 valence electrons. The topological polar surface area (TPSA) is 51.2 Å². The zero-order valence-electron chi connectivity index (χ0n) is 11.3. The molecular weight excluding hydrogens is 252 g/mol. The monoisotopic (exact) mass is 268 g/mol. The molecule has 0 atom stereocenters. The van der Waals surface area contributed by atoms with Crippen LogP contribution in [0.3, 0.4) is 0 Å². The third-order valence-corrected chi connectivity index (χ3v) is 3.67. The fourth-order valence-electron chi connectivity index (χ4n) is 2.42. The molecule has 3 rings (SSSR count). The highest BCUT2D eigenvalue weighted by Crippen LogP contribution is 2.48. The molecule has 0 unspecified atom stereocenters.